The van der Waals surface area contributed by atoms with Crippen LogP contribution in [0.1, 0.15) is 32.3 Å². The molecule has 112 valence electrons. The molecule has 1 aromatic rings. The van der Waals surface area contributed by atoms with E-state index in [9.17, 15) is 5.11 Å². The third-order valence-electron chi connectivity index (χ3n) is 4.43. The average molecular weight is 276 g/mol. The maximum Gasteiger partial charge on any atom is 0.0566 e. The summed E-state index contributed by atoms with van der Waals surface area (Å²) in [6.07, 6.45) is 1.66. The molecule has 20 heavy (non-hydrogen) atoms. The molecule has 0 radical (unpaired) electrons. The van der Waals surface area contributed by atoms with E-state index in [1.54, 1.807) is 0 Å². The maximum atomic E-state index is 9.97. The second-order valence-electron chi connectivity index (χ2n) is 6.84. The number of benzene rings is 1. The average Bonchev–Trinajstić information content (AvgIpc) is 2.99. The highest BCUT2D eigenvalue weighted by molar-refractivity contribution is 5.15. The highest BCUT2D eigenvalue weighted by atomic mass is 16.3. The van der Waals surface area contributed by atoms with Crippen molar-refractivity contribution in [3.63, 3.8) is 0 Å². The number of aliphatic hydroxyl groups is 1. The van der Waals surface area contributed by atoms with Crippen molar-refractivity contribution < 1.29 is 5.11 Å². The Bertz CT molecular complexity index is 420. The summed E-state index contributed by atoms with van der Waals surface area (Å²) >= 11 is 0. The number of hydrogen-bond donors (Lipinski definition) is 2. The van der Waals surface area contributed by atoms with Crippen LogP contribution in [0.2, 0.25) is 0 Å². The second-order valence-corrected chi connectivity index (χ2v) is 6.84. The van der Waals surface area contributed by atoms with E-state index in [1.807, 2.05) is 6.07 Å². The first-order valence-electron chi connectivity index (χ1n) is 7.60. The van der Waals surface area contributed by atoms with Gasteiger partial charge in [0.1, 0.15) is 0 Å². The van der Waals surface area contributed by atoms with Crippen molar-refractivity contribution in [2.24, 2.45) is 17.6 Å². The fourth-order valence-electron chi connectivity index (χ4n) is 2.93. The zero-order valence-corrected chi connectivity index (χ0v) is 12.9. The number of nitrogens with zero attached hydrogens (tertiary/aromatic N) is 1. The summed E-state index contributed by atoms with van der Waals surface area (Å²) in [6.45, 7) is 5.95. The Labute approximate surface area is 122 Å². The number of hydrogen-bond acceptors (Lipinski definition) is 3. The molecule has 3 heteroatoms. The molecule has 3 nitrogen and oxygen atoms in total. The minimum atomic E-state index is -0.218. The molecule has 3 N–H and O–H groups in total. The fourth-order valence-corrected chi connectivity index (χ4v) is 2.93. The van der Waals surface area contributed by atoms with Gasteiger partial charge in [0.15, 0.2) is 0 Å². The van der Waals surface area contributed by atoms with Crippen molar-refractivity contribution in [1.82, 2.24) is 4.90 Å². The topological polar surface area (TPSA) is 49.5 Å². The van der Waals surface area contributed by atoms with Crippen molar-refractivity contribution in [3.8, 4) is 0 Å². The van der Waals surface area contributed by atoms with E-state index >= 15 is 0 Å². The van der Waals surface area contributed by atoms with Gasteiger partial charge < -0.3 is 15.7 Å². The summed E-state index contributed by atoms with van der Waals surface area (Å²) in [6, 6.07) is 10.5. The monoisotopic (exact) mass is 276 g/mol. The first kappa shape index (κ1) is 15.5. The molecule has 0 aliphatic heterocycles. The molecule has 0 amide bonds. The van der Waals surface area contributed by atoms with Crippen LogP contribution in [0.5, 0.6) is 0 Å². The lowest BCUT2D eigenvalue weighted by atomic mass is 9.99. The predicted molar refractivity (Wildman–Crippen MR) is 83.3 cm³/mol. The molecule has 1 unspecified atom stereocenters. The van der Waals surface area contributed by atoms with E-state index in [-0.39, 0.29) is 11.6 Å². The zero-order valence-electron chi connectivity index (χ0n) is 12.9. The lowest BCUT2D eigenvalue weighted by molar-refractivity contribution is 0.106. The number of likely N-dealkylation sites (N-methyl/N-ethyl adjacent to an activating group) is 1. The van der Waals surface area contributed by atoms with Gasteiger partial charge in [-0.3, -0.25) is 0 Å². The Balaban J connectivity index is 1.79. The molecule has 3 atom stereocenters. The standard InChI is InChI=1S/C17H28N2O/c1-13(2)16(20)9-15-10-17(15,18)12-19(3)11-14-7-5-4-6-8-14/h4-8,13,15-16,20H,9-12,18H2,1-3H3/t15-,16?,17-/m1/s1. The van der Waals surface area contributed by atoms with Gasteiger partial charge in [-0.05, 0) is 37.3 Å². The molecule has 0 spiro atoms. The Kier molecular flexibility index (Phi) is 4.84. The quantitative estimate of drug-likeness (QED) is 0.803. The van der Waals surface area contributed by atoms with E-state index in [0.29, 0.717) is 11.8 Å². The summed E-state index contributed by atoms with van der Waals surface area (Å²) in [5, 5.41) is 9.97. The van der Waals surface area contributed by atoms with Crippen LogP contribution in [0.3, 0.4) is 0 Å². The highest BCUT2D eigenvalue weighted by Gasteiger charge is 2.51. The van der Waals surface area contributed by atoms with Gasteiger partial charge in [-0.1, -0.05) is 44.2 Å². The van der Waals surface area contributed by atoms with Crippen molar-refractivity contribution in [1.29, 1.82) is 0 Å². The zero-order chi connectivity index (χ0) is 14.8. The van der Waals surface area contributed by atoms with E-state index in [2.05, 4.69) is 50.1 Å². The third kappa shape index (κ3) is 4.05. The highest BCUT2D eigenvalue weighted by Crippen LogP contribution is 2.45. The summed E-state index contributed by atoms with van der Waals surface area (Å²) in [5.74, 6) is 0.792. The van der Waals surface area contributed by atoms with Crippen LogP contribution in [-0.4, -0.2) is 35.2 Å². The van der Waals surface area contributed by atoms with Crippen molar-refractivity contribution in [2.75, 3.05) is 13.6 Å². The first-order chi connectivity index (χ1) is 9.40. The molecule has 1 aliphatic rings. The van der Waals surface area contributed by atoms with Crippen LogP contribution in [0.4, 0.5) is 0 Å². The van der Waals surface area contributed by atoms with Gasteiger partial charge in [0.2, 0.25) is 0 Å². The number of rotatable bonds is 7. The predicted octanol–water partition coefficient (Wildman–Crippen LogP) is 2.24. The van der Waals surface area contributed by atoms with Crippen molar-refractivity contribution >= 4 is 0 Å². The Morgan fingerprint density at radius 3 is 2.60 bits per heavy atom. The maximum absolute atomic E-state index is 9.97. The first-order valence-corrected chi connectivity index (χ1v) is 7.60. The summed E-state index contributed by atoms with van der Waals surface area (Å²) < 4.78 is 0. The molecular weight excluding hydrogens is 248 g/mol. The van der Waals surface area contributed by atoms with Gasteiger partial charge in [0.05, 0.1) is 6.10 Å². The Morgan fingerprint density at radius 2 is 2.00 bits per heavy atom. The second kappa shape index (κ2) is 6.25. The van der Waals surface area contributed by atoms with Crippen LogP contribution < -0.4 is 5.73 Å². The van der Waals surface area contributed by atoms with E-state index < -0.39 is 0 Å². The normalized spacial score (nSPS) is 27.1. The van der Waals surface area contributed by atoms with Gasteiger partial charge in [-0.25, -0.2) is 0 Å². The minimum Gasteiger partial charge on any atom is -0.393 e. The van der Waals surface area contributed by atoms with Gasteiger partial charge in [-0.15, -0.1) is 0 Å². The van der Waals surface area contributed by atoms with Crippen LogP contribution in [0, 0.1) is 11.8 Å². The van der Waals surface area contributed by atoms with E-state index in [0.717, 1.165) is 25.9 Å². The molecule has 0 aromatic heterocycles. The largest absolute Gasteiger partial charge is 0.393 e. The third-order valence-corrected chi connectivity index (χ3v) is 4.43. The Hall–Kier alpha value is -0.900. The van der Waals surface area contributed by atoms with E-state index in [1.165, 1.54) is 5.56 Å². The minimum absolute atomic E-state index is 0.0978. The summed E-state index contributed by atoms with van der Waals surface area (Å²) in [4.78, 5) is 2.29. The smallest absolute Gasteiger partial charge is 0.0566 e. The Morgan fingerprint density at radius 1 is 1.35 bits per heavy atom. The molecule has 1 saturated carbocycles. The van der Waals surface area contributed by atoms with Crippen LogP contribution in [-0.2, 0) is 6.54 Å². The van der Waals surface area contributed by atoms with Crippen molar-refractivity contribution in [2.45, 2.75) is 44.9 Å². The fraction of sp³-hybridized carbons (Fsp3) is 0.647. The van der Waals surface area contributed by atoms with E-state index in [4.69, 9.17) is 5.73 Å². The molecule has 0 saturated heterocycles. The van der Waals surface area contributed by atoms with Crippen LogP contribution in [0.25, 0.3) is 0 Å². The molecule has 0 heterocycles. The number of nitrogens with two attached hydrogens (primary N) is 1. The number of aliphatic hydroxyl groups excluding tert-OH is 1. The summed E-state index contributed by atoms with van der Waals surface area (Å²) in [5.41, 5.74) is 7.66. The van der Waals surface area contributed by atoms with Gasteiger partial charge in [0.25, 0.3) is 0 Å². The molecule has 1 aliphatic carbocycles. The molecule has 0 bridgehead atoms. The SMILES string of the molecule is CC(C)C(O)C[C@@H]1C[C@@]1(N)CN(C)Cc1ccccc1. The van der Waals surface area contributed by atoms with Crippen LogP contribution in [0.15, 0.2) is 30.3 Å². The van der Waals surface area contributed by atoms with Gasteiger partial charge in [0, 0.05) is 18.6 Å². The molecule has 1 fully saturated rings. The summed E-state index contributed by atoms with van der Waals surface area (Å²) in [7, 11) is 2.12. The van der Waals surface area contributed by atoms with Crippen molar-refractivity contribution in [3.05, 3.63) is 35.9 Å². The van der Waals surface area contributed by atoms with Gasteiger partial charge >= 0.3 is 0 Å². The van der Waals surface area contributed by atoms with Crippen LogP contribution >= 0.6 is 0 Å². The molecule has 2 rings (SSSR count). The van der Waals surface area contributed by atoms with Gasteiger partial charge in [-0.2, -0.15) is 0 Å². The molecular formula is C17H28N2O. The molecule has 1 aromatic carbocycles. The lowest BCUT2D eigenvalue weighted by Crippen LogP contribution is -2.39. The lowest BCUT2D eigenvalue weighted by Gasteiger charge is -2.23.